The predicted molar refractivity (Wildman–Crippen MR) is 119 cm³/mol. The van der Waals surface area contributed by atoms with Gasteiger partial charge < -0.3 is 14.2 Å². The van der Waals surface area contributed by atoms with E-state index < -0.39 is 0 Å². The number of fused-ring (bicyclic) bond motifs is 1. The Morgan fingerprint density at radius 1 is 1.03 bits per heavy atom. The minimum atomic E-state index is 0.481. The van der Waals surface area contributed by atoms with Crippen molar-refractivity contribution >= 4 is 11.4 Å². The SMILES string of the molecule is CCCOc1ccc2c(c1)N=C(COc1cccc(OC)c1)CC2CCC(C)C. The van der Waals surface area contributed by atoms with Crippen LogP contribution in [0.4, 0.5) is 5.69 Å². The minimum absolute atomic E-state index is 0.481. The zero-order valence-electron chi connectivity index (χ0n) is 18.1. The average molecular weight is 396 g/mol. The molecule has 29 heavy (non-hydrogen) atoms. The normalized spacial score (nSPS) is 15.6. The number of aliphatic imine (C=N–C) groups is 1. The second-order valence-electron chi connectivity index (χ2n) is 8.09. The average Bonchev–Trinajstić information content (AvgIpc) is 2.74. The lowest BCUT2D eigenvalue weighted by Gasteiger charge is -2.26. The lowest BCUT2D eigenvalue weighted by molar-refractivity contribution is 0.317. The Balaban J connectivity index is 1.78. The summed E-state index contributed by atoms with van der Waals surface area (Å²) in [5.41, 5.74) is 3.45. The van der Waals surface area contributed by atoms with Crippen LogP contribution < -0.4 is 14.2 Å². The van der Waals surface area contributed by atoms with Crippen molar-refractivity contribution in [3.63, 3.8) is 0 Å². The molecule has 1 unspecified atom stereocenters. The third kappa shape index (κ3) is 5.99. The van der Waals surface area contributed by atoms with Crippen molar-refractivity contribution in [1.29, 1.82) is 0 Å². The second kappa shape index (κ2) is 10.3. The summed E-state index contributed by atoms with van der Waals surface area (Å²) in [6.07, 6.45) is 4.32. The molecule has 156 valence electrons. The molecule has 4 heteroatoms. The van der Waals surface area contributed by atoms with Crippen molar-refractivity contribution in [3.05, 3.63) is 48.0 Å². The highest BCUT2D eigenvalue weighted by molar-refractivity contribution is 5.91. The molecule has 1 atom stereocenters. The van der Waals surface area contributed by atoms with Gasteiger partial charge in [0.15, 0.2) is 0 Å². The van der Waals surface area contributed by atoms with Gasteiger partial charge in [-0.2, -0.15) is 0 Å². The Morgan fingerprint density at radius 3 is 2.59 bits per heavy atom. The Labute approximate surface area is 174 Å². The highest BCUT2D eigenvalue weighted by atomic mass is 16.5. The molecule has 4 nitrogen and oxygen atoms in total. The first-order valence-electron chi connectivity index (χ1n) is 10.7. The van der Waals surface area contributed by atoms with Crippen LogP contribution in [0.5, 0.6) is 17.2 Å². The summed E-state index contributed by atoms with van der Waals surface area (Å²) in [6.45, 7) is 7.90. The molecule has 0 amide bonds. The van der Waals surface area contributed by atoms with E-state index >= 15 is 0 Å². The fraction of sp³-hybridized carbons (Fsp3) is 0.480. The molecule has 2 aromatic carbocycles. The van der Waals surface area contributed by atoms with Gasteiger partial charge >= 0.3 is 0 Å². The van der Waals surface area contributed by atoms with Gasteiger partial charge in [0.1, 0.15) is 23.9 Å². The Morgan fingerprint density at radius 2 is 1.83 bits per heavy atom. The van der Waals surface area contributed by atoms with E-state index in [0.717, 1.165) is 54.5 Å². The van der Waals surface area contributed by atoms with E-state index in [1.54, 1.807) is 7.11 Å². The van der Waals surface area contributed by atoms with E-state index in [2.05, 4.69) is 39.0 Å². The molecule has 1 aliphatic heterocycles. The van der Waals surface area contributed by atoms with Crippen LogP contribution >= 0.6 is 0 Å². The minimum Gasteiger partial charge on any atom is -0.497 e. The Bertz CT molecular complexity index is 829. The zero-order valence-corrected chi connectivity index (χ0v) is 18.1. The molecule has 2 aromatic rings. The van der Waals surface area contributed by atoms with Gasteiger partial charge in [0.25, 0.3) is 0 Å². The first-order valence-corrected chi connectivity index (χ1v) is 10.7. The van der Waals surface area contributed by atoms with Gasteiger partial charge in [-0.3, -0.25) is 4.99 Å². The van der Waals surface area contributed by atoms with Crippen molar-refractivity contribution in [2.75, 3.05) is 20.3 Å². The monoisotopic (exact) mass is 395 g/mol. The van der Waals surface area contributed by atoms with Crippen LogP contribution in [0.3, 0.4) is 0 Å². The molecule has 0 bridgehead atoms. The van der Waals surface area contributed by atoms with Crippen molar-refractivity contribution in [1.82, 2.24) is 0 Å². The largest absolute Gasteiger partial charge is 0.497 e. The van der Waals surface area contributed by atoms with Gasteiger partial charge in [-0.15, -0.1) is 0 Å². The van der Waals surface area contributed by atoms with Crippen molar-refractivity contribution < 1.29 is 14.2 Å². The van der Waals surface area contributed by atoms with Gasteiger partial charge in [0.2, 0.25) is 0 Å². The molecule has 3 rings (SSSR count). The van der Waals surface area contributed by atoms with Gasteiger partial charge in [0, 0.05) is 12.1 Å². The summed E-state index contributed by atoms with van der Waals surface area (Å²) in [5, 5.41) is 0. The third-order valence-electron chi connectivity index (χ3n) is 5.21. The zero-order chi connectivity index (χ0) is 20.6. The Kier molecular flexibility index (Phi) is 7.56. The maximum atomic E-state index is 6.03. The fourth-order valence-electron chi connectivity index (χ4n) is 3.63. The molecule has 0 fully saturated rings. The van der Waals surface area contributed by atoms with Crippen LogP contribution in [0.1, 0.15) is 57.9 Å². The van der Waals surface area contributed by atoms with Crippen molar-refractivity contribution in [3.8, 4) is 17.2 Å². The molecular weight excluding hydrogens is 362 g/mol. The highest BCUT2D eigenvalue weighted by Crippen LogP contribution is 2.40. The second-order valence-corrected chi connectivity index (χ2v) is 8.09. The Hall–Kier alpha value is -2.49. The molecule has 0 radical (unpaired) electrons. The van der Waals surface area contributed by atoms with E-state index in [-0.39, 0.29) is 0 Å². The summed E-state index contributed by atoms with van der Waals surface area (Å²) < 4.78 is 17.1. The van der Waals surface area contributed by atoms with Gasteiger partial charge in [0.05, 0.1) is 25.1 Å². The van der Waals surface area contributed by atoms with Gasteiger partial charge in [-0.25, -0.2) is 0 Å². The quantitative estimate of drug-likeness (QED) is 0.457. The van der Waals surface area contributed by atoms with Crippen LogP contribution in [0, 0.1) is 5.92 Å². The summed E-state index contributed by atoms with van der Waals surface area (Å²) in [6, 6.07) is 14.1. The molecule has 1 heterocycles. The molecule has 0 saturated carbocycles. The number of benzene rings is 2. The van der Waals surface area contributed by atoms with Crippen LogP contribution in [-0.2, 0) is 0 Å². The van der Waals surface area contributed by atoms with Crippen LogP contribution in [0.25, 0.3) is 0 Å². The molecule has 0 aliphatic carbocycles. The summed E-state index contributed by atoms with van der Waals surface area (Å²) in [5.74, 6) is 3.67. The topological polar surface area (TPSA) is 40.0 Å². The molecule has 1 aliphatic rings. The lowest BCUT2D eigenvalue weighted by Crippen LogP contribution is -2.19. The third-order valence-corrected chi connectivity index (χ3v) is 5.21. The van der Waals surface area contributed by atoms with Crippen LogP contribution in [0.2, 0.25) is 0 Å². The van der Waals surface area contributed by atoms with Crippen molar-refractivity contribution in [2.24, 2.45) is 10.9 Å². The first-order chi connectivity index (χ1) is 14.1. The number of rotatable bonds is 10. The molecule has 0 N–H and O–H groups in total. The van der Waals surface area contributed by atoms with Gasteiger partial charge in [-0.05, 0) is 54.9 Å². The van der Waals surface area contributed by atoms with E-state index in [1.807, 2.05) is 24.3 Å². The smallest absolute Gasteiger partial charge is 0.126 e. The maximum absolute atomic E-state index is 6.03. The number of hydrogen-bond donors (Lipinski definition) is 0. The summed E-state index contributed by atoms with van der Waals surface area (Å²) >= 11 is 0. The number of methoxy groups -OCH3 is 1. The van der Waals surface area contributed by atoms with Crippen LogP contribution in [-0.4, -0.2) is 26.0 Å². The molecule has 0 saturated heterocycles. The fourth-order valence-corrected chi connectivity index (χ4v) is 3.63. The number of nitrogens with zero attached hydrogens (tertiary/aromatic N) is 1. The molecular formula is C25H33NO3. The molecule has 0 spiro atoms. The van der Waals surface area contributed by atoms with Crippen LogP contribution in [0.15, 0.2) is 47.5 Å². The standard InChI is InChI=1S/C25H33NO3/c1-5-13-28-23-11-12-24-19(10-9-18(2)3)14-20(26-25(24)16-23)17-29-22-8-6-7-21(15-22)27-4/h6-8,11-12,15-16,18-19H,5,9-10,13-14,17H2,1-4H3. The van der Waals surface area contributed by atoms with E-state index in [9.17, 15) is 0 Å². The van der Waals surface area contributed by atoms with E-state index in [1.165, 1.54) is 12.0 Å². The van der Waals surface area contributed by atoms with E-state index in [0.29, 0.717) is 18.4 Å². The van der Waals surface area contributed by atoms with Gasteiger partial charge in [-0.1, -0.05) is 39.3 Å². The number of ether oxygens (including phenoxy) is 3. The lowest BCUT2D eigenvalue weighted by atomic mass is 9.84. The number of hydrogen-bond acceptors (Lipinski definition) is 4. The summed E-state index contributed by atoms with van der Waals surface area (Å²) in [7, 11) is 1.67. The molecule has 0 aromatic heterocycles. The summed E-state index contributed by atoms with van der Waals surface area (Å²) in [4.78, 5) is 4.93. The first kappa shape index (κ1) is 21.2. The maximum Gasteiger partial charge on any atom is 0.126 e. The predicted octanol–water partition coefficient (Wildman–Crippen LogP) is 6.56. The van der Waals surface area contributed by atoms with Crippen molar-refractivity contribution in [2.45, 2.75) is 52.4 Å². The van der Waals surface area contributed by atoms with E-state index in [4.69, 9.17) is 19.2 Å². The highest BCUT2D eigenvalue weighted by Gasteiger charge is 2.24.